The Labute approximate surface area is 282 Å². The van der Waals surface area contributed by atoms with Gasteiger partial charge in [0.2, 0.25) is 5.88 Å². The molecule has 0 spiro atoms. The van der Waals surface area contributed by atoms with E-state index in [1.54, 1.807) is 6.07 Å². The predicted molar refractivity (Wildman–Crippen MR) is 185 cm³/mol. The van der Waals surface area contributed by atoms with E-state index in [-0.39, 0.29) is 29.5 Å². The van der Waals surface area contributed by atoms with Gasteiger partial charge in [0.15, 0.2) is 0 Å². The van der Waals surface area contributed by atoms with Gasteiger partial charge in [0.1, 0.15) is 35.4 Å². The maximum Gasteiger partial charge on any atom is 0.410 e. The topological polar surface area (TPSA) is 105 Å². The second-order valence-electron chi connectivity index (χ2n) is 15.4. The molecule has 2 aromatic carbocycles. The first-order valence-corrected chi connectivity index (χ1v) is 17.7. The molecule has 48 heavy (non-hydrogen) atoms. The number of anilines is 2. The van der Waals surface area contributed by atoms with Crippen molar-refractivity contribution >= 4 is 28.4 Å². The SMILES string of the molecule is CC(C)(C)OC(=O)N1C[C@H]2CC[C@@H](C1)N2c1nc(OCC23CCCN2CCC3)c(C#N)c2c1CCN(c1cc(O)cc3ccccc13)C2. The number of phenolic OH excluding ortho intramolecular Hbond substituents is 1. The number of nitrogens with zero attached hydrogens (tertiary/aromatic N) is 6. The highest BCUT2D eigenvalue weighted by molar-refractivity contribution is 5.95. The van der Waals surface area contributed by atoms with Crippen LogP contribution in [0.1, 0.15) is 76.0 Å². The van der Waals surface area contributed by atoms with Crippen molar-refractivity contribution in [3.8, 4) is 17.7 Å². The fourth-order valence-corrected chi connectivity index (χ4v) is 9.15. The van der Waals surface area contributed by atoms with Crippen LogP contribution in [0.2, 0.25) is 0 Å². The minimum absolute atomic E-state index is 0.0229. The molecule has 0 saturated carbocycles. The average Bonchev–Trinajstić information content (AvgIpc) is 3.72. The van der Waals surface area contributed by atoms with Gasteiger partial charge in [-0.3, -0.25) is 4.90 Å². The highest BCUT2D eigenvalue weighted by Gasteiger charge is 2.47. The standard InChI is InChI=1S/C38H46N6O4/c1-37(2,3)48-36(46)42-21-26-10-11-27(22-42)44(26)34-30-12-17-41(33-19-28(45)18-25-8-4-5-9-29(25)33)23-32(30)31(20-39)35(40-34)47-24-38-13-6-15-43(38)16-7-14-38/h4-5,8-9,18-19,26-27,45H,6-7,10-17,21-24H2,1-3H3/t26-,27+. The van der Waals surface area contributed by atoms with E-state index in [9.17, 15) is 15.2 Å². The number of fused-ring (bicyclic) bond motifs is 5. The van der Waals surface area contributed by atoms with Gasteiger partial charge in [-0.2, -0.15) is 10.2 Å². The fourth-order valence-electron chi connectivity index (χ4n) is 9.15. The van der Waals surface area contributed by atoms with Gasteiger partial charge in [-0.1, -0.05) is 24.3 Å². The number of aromatic hydroxyl groups is 1. The average molecular weight is 651 g/mol. The minimum Gasteiger partial charge on any atom is -0.508 e. The normalized spacial score (nSPS) is 23.2. The number of hydrogen-bond acceptors (Lipinski definition) is 9. The first-order chi connectivity index (χ1) is 23.1. The summed E-state index contributed by atoms with van der Waals surface area (Å²) in [7, 11) is 0. The zero-order valence-electron chi connectivity index (χ0n) is 28.4. The largest absolute Gasteiger partial charge is 0.508 e. The second-order valence-corrected chi connectivity index (χ2v) is 15.4. The number of rotatable bonds is 5. The van der Waals surface area contributed by atoms with Crippen molar-refractivity contribution in [3.05, 3.63) is 53.1 Å². The van der Waals surface area contributed by atoms with Crippen molar-refractivity contribution < 1.29 is 19.4 Å². The number of pyridine rings is 1. The molecule has 1 amide bonds. The molecule has 0 unspecified atom stereocenters. The smallest absolute Gasteiger partial charge is 0.410 e. The Morgan fingerprint density at radius 3 is 2.50 bits per heavy atom. The van der Waals surface area contributed by atoms with Crippen LogP contribution < -0.4 is 14.5 Å². The summed E-state index contributed by atoms with van der Waals surface area (Å²) in [5, 5.41) is 23.4. The Morgan fingerprint density at radius 1 is 1.06 bits per heavy atom. The summed E-state index contributed by atoms with van der Waals surface area (Å²) >= 11 is 0. The summed E-state index contributed by atoms with van der Waals surface area (Å²) in [6.07, 6.45) is 6.96. The van der Waals surface area contributed by atoms with E-state index in [0.717, 1.165) is 78.7 Å². The fraction of sp³-hybridized carbons (Fsp3) is 0.553. The lowest BCUT2D eigenvalue weighted by molar-refractivity contribution is 0.0209. The van der Waals surface area contributed by atoms with Crippen LogP contribution in [0.5, 0.6) is 11.6 Å². The van der Waals surface area contributed by atoms with E-state index in [0.29, 0.717) is 44.1 Å². The second kappa shape index (κ2) is 11.7. The molecular weight excluding hydrogens is 604 g/mol. The molecule has 4 fully saturated rings. The van der Waals surface area contributed by atoms with Gasteiger partial charge in [-0.15, -0.1) is 0 Å². The summed E-state index contributed by atoms with van der Waals surface area (Å²) < 4.78 is 12.5. The van der Waals surface area contributed by atoms with E-state index >= 15 is 0 Å². The third kappa shape index (κ3) is 5.36. The molecule has 2 bridgehead atoms. The Hall–Kier alpha value is -4.23. The number of ether oxygens (including phenoxy) is 2. The number of nitriles is 1. The van der Waals surface area contributed by atoms with E-state index in [1.807, 2.05) is 49.9 Å². The monoisotopic (exact) mass is 650 g/mol. The molecule has 0 aliphatic carbocycles. The van der Waals surface area contributed by atoms with Crippen LogP contribution in [0.15, 0.2) is 36.4 Å². The Balaban J connectivity index is 1.18. The van der Waals surface area contributed by atoms with Gasteiger partial charge in [-0.25, -0.2) is 4.79 Å². The predicted octanol–water partition coefficient (Wildman–Crippen LogP) is 5.97. The molecule has 1 aromatic heterocycles. The van der Waals surface area contributed by atoms with Crippen LogP contribution in [0.25, 0.3) is 10.8 Å². The van der Waals surface area contributed by atoms with Gasteiger partial charge in [0.25, 0.3) is 0 Å². The number of aromatic nitrogens is 1. The highest BCUT2D eigenvalue weighted by atomic mass is 16.6. The van der Waals surface area contributed by atoms with Crippen molar-refractivity contribution in [2.45, 2.75) is 95.5 Å². The summed E-state index contributed by atoms with van der Waals surface area (Å²) in [5.74, 6) is 1.56. The molecule has 8 rings (SSSR count). The molecular formula is C38H46N6O4. The maximum atomic E-state index is 13.1. The van der Waals surface area contributed by atoms with Crippen molar-refractivity contribution in [2.75, 3.05) is 49.1 Å². The number of amides is 1. The summed E-state index contributed by atoms with van der Waals surface area (Å²) in [6, 6.07) is 14.5. The number of piperazine rings is 1. The number of carbonyl (C=O) groups excluding carboxylic acids is 1. The van der Waals surface area contributed by atoms with Gasteiger partial charge >= 0.3 is 6.09 Å². The number of carbonyl (C=O) groups is 1. The van der Waals surface area contributed by atoms with Crippen LogP contribution in [0.4, 0.5) is 16.3 Å². The summed E-state index contributed by atoms with van der Waals surface area (Å²) in [5.41, 5.74) is 3.00. The molecule has 5 aliphatic rings. The lowest BCUT2D eigenvalue weighted by Gasteiger charge is -2.44. The third-order valence-corrected chi connectivity index (χ3v) is 11.3. The molecule has 1 N–H and O–H groups in total. The molecule has 6 heterocycles. The Kier molecular flexibility index (Phi) is 7.59. The lowest BCUT2D eigenvalue weighted by atomic mass is 9.93. The third-order valence-electron chi connectivity index (χ3n) is 11.3. The van der Waals surface area contributed by atoms with E-state index < -0.39 is 5.60 Å². The van der Waals surface area contributed by atoms with E-state index in [2.05, 4.69) is 26.8 Å². The molecule has 5 aliphatic heterocycles. The number of phenols is 1. The van der Waals surface area contributed by atoms with Gasteiger partial charge in [0, 0.05) is 66.5 Å². The van der Waals surface area contributed by atoms with Gasteiger partial charge in [0.05, 0.1) is 5.54 Å². The number of hydrogen-bond donors (Lipinski definition) is 1. The zero-order valence-corrected chi connectivity index (χ0v) is 28.4. The van der Waals surface area contributed by atoms with Crippen LogP contribution in [0.3, 0.4) is 0 Å². The minimum atomic E-state index is -0.548. The number of likely N-dealkylation sites (tertiary alicyclic amines) is 1. The summed E-state index contributed by atoms with van der Waals surface area (Å²) in [6.45, 7) is 10.9. The molecule has 3 aromatic rings. The molecule has 252 valence electrons. The molecule has 2 atom stereocenters. The van der Waals surface area contributed by atoms with Crippen LogP contribution in [-0.2, 0) is 17.7 Å². The quantitative estimate of drug-likeness (QED) is 0.358. The van der Waals surface area contributed by atoms with Gasteiger partial charge < -0.3 is 29.3 Å². The lowest BCUT2D eigenvalue weighted by Crippen LogP contribution is -2.57. The van der Waals surface area contributed by atoms with Crippen LogP contribution >= 0.6 is 0 Å². The molecule has 10 nitrogen and oxygen atoms in total. The molecule has 10 heteroatoms. The summed E-state index contributed by atoms with van der Waals surface area (Å²) in [4.78, 5) is 27.5. The molecule has 4 saturated heterocycles. The Morgan fingerprint density at radius 2 is 1.79 bits per heavy atom. The van der Waals surface area contributed by atoms with Crippen molar-refractivity contribution in [1.29, 1.82) is 5.26 Å². The maximum absolute atomic E-state index is 13.1. The zero-order chi connectivity index (χ0) is 33.2. The van der Waals surface area contributed by atoms with E-state index in [1.165, 1.54) is 12.8 Å². The van der Waals surface area contributed by atoms with E-state index in [4.69, 9.17) is 14.5 Å². The first-order valence-electron chi connectivity index (χ1n) is 17.7. The first kappa shape index (κ1) is 31.1. The Bertz CT molecular complexity index is 1770. The van der Waals surface area contributed by atoms with Gasteiger partial charge in [-0.05, 0) is 90.3 Å². The van der Waals surface area contributed by atoms with Crippen molar-refractivity contribution in [3.63, 3.8) is 0 Å². The molecule has 0 radical (unpaired) electrons. The van der Waals surface area contributed by atoms with Crippen molar-refractivity contribution in [1.82, 2.24) is 14.8 Å². The van der Waals surface area contributed by atoms with Crippen molar-refractivity contribution in [2.24, 2.45) is 0 Å². The number of benzene rings is 2. The van der Waals surface area contributed by atoms with Crippen LogP contribution in [0, 0.1) is 11.3 Å². The highest BCUT2D eigenvalue weighted by Crippen LogP contribution is 2.44. The van der Waals surface area contributed by atoms with Crippen LogP contribution in [-0.4, -0.2) is 88.5 Å².